The van der Waals surface area contributed by atoms with E-state index in [4.69, 9.17) is 4.74 Å². The maximum atomic E-state index is 12.7. The summed E-state index contributed by atoms with van der Waals surface area (Å²) in [7, 11) is 1.62. The Bertz CT molecular complexity index is 859. The Morgan fingerprint density at radius 3 is 2.39 bits per heavy atom. The second kappa shape index (κ2) is 8.46. The fourth-order valence-corrected chi connectivity index (χ4v) is 3.40. The number of hydrogen-bond acceptors (Lipinski definition) is 3. The normalized spacial score (nSPS) is 17.9. The van der Waals surface area contributed by atoms with E-state index >= 15 is 0 Å². The van der Waals surface area contributed by atoms with Crippen molar-refractivity contribution in [3.05, 3.63) is 59.2 Å². The molecule has 2 aromatic carbocycles. The SMILES string of the molecule is COc1ccc(CNC(=O)C2CC2C(=O)Nc2c(C)cccc2C(C)C)cc1. The quantitative estimate of drug-likeness (QED) is 0.762. The molecule has 5 heteroatoms. The van der Waals surface area contributed by atoms with Gasteiger partial charge in [0.25, 0.3) is 0 Å². The van der Waals surface area contributed by atoms with E-state index < -0.39 is 0 Å². The van der Waals surface area contributed by atoms with Crippen molar-refractivity contribution in [1.82, 2.24) is 5.32 Å². The van der Waals surface area contributed by atoms with Crippen LogP contribution in [-0.2, 0) is 16.1 Å². The molecule has 0 bridgehead atoms. The van der Waals surface area contributed by atoms with Crippen molar-refractivity contribution < 1.29 is 14.3 Å². The second-order valence-electron chi connectivity index (χ2n) is 7.70. The van der Waals surface area contributed by atoms with Crippen molar-refractivity contribution in [3.63, 3.8) is 0 Å². The van der Waals surface area contributed by atoms with Crippen LogP contribution in [0.25, 0.3) is 0 Å². The van der Waals surface area contributed by atoms with Gasteiger partial charge in [-0.05, 0) is 48.1 Å². The molecule has 1 saturated carbocycles. The molecule has 2 amide bonds. The first kappa shape index (κ1) is 19.9. The van der Waals surface area contributed by atoms with Crippen LogP contribution in [-0.4, -0.2) is 18.9 Å². The van der Waals surface area contributed by atoms with Crippen LogP contribution in [0, 0.1) is 18.8 Å². The predicted octanol–water partition coefficient (Wildman–Crippen LogP) is 4.02. The molecule has 1 fully saturated rings. The minimum Gasteiger partial charge on any atom is -0.497 e. The molecule has 3 rings (SSSR count). The summed E-state index contributed by atoms with van der Waals surface area (Å²) in [6, 6.07) is 13.6. The Hall–Kier alpha value is -2.82. The van der Waals surface area contributed by atoms with E-state index in [1.54, 1.807) is 7.11 Å². The maximum Gasteiger partial charge on any atom is 0.228 e. The van der Waals surface area contributed by atoms with E-state index in [-0.39, 0.29) is 23.7 Å². The minimum atomic E-state index is -0.254. The fraction of sp³-hybridized carbons (Fsp3) is 0.391. The smallest absolute Gasteiger partial charge is 0.228 e. The number of methoxy groups -OCH3 is 1. The van der Waals surface area contributed by atoms with Crippen molar-refractivity contribution in [2.45, 2.75) is 39.7 Å². The lowest BCUT2D eigenvalue weighted by Crippen LogP contribution is -2.27. The van der Waals surface area contributed by atoms with Gasteiger partial charge in [0.2, 0.25) is 11.8 Å². The zero-order valence-electron chi connectivity index (χ0n) is 16.9. The molecule has 148 valence electrons. The Kier molecular flexibility index (Phi) is 6.02. The fourth-order valence-electron chi connectivity index (χ4n) is 3.40. The van der Waals surface area contributed by atoms with Crippen LogP contribution >= 0.6 is 0 Å². The number of carbonyl (C=O) groups is 2. The molecule has 2 N–H and O–H groups in total. The van der Waals surface area contributed by atoms with Crippen molar-refractivity contribution in [3.8, 4) is 5.75 Å². The van der Waals surface area contributed by atoms with Gasteiger partial charge in [0.1, 0.15) is 5.75 Å². The monoisotopic (exact) mass is 380 g/mol. The van der Waals surface area contributed by atoms with Gasteiger partial charge in [0.15, 0.2) is 0 Å². The summed E-state index contributed by atoms with van der Waals surface area (Å²) in [5, 5.41) is 5.99. The van der Waals surface area contributed by atoms with Gasteiger partial charge in [0, 0.05) is 12.2 Å². The zero-order valence-corrected chi connectivity index (χ0v) is 16.9. The Morgan fingerprint density at radius 1 is 1.07 bits per heavy atom. The van der Waals surface area contributed by atoms with Crippen LogP contribution in [0.1, 0.15) is 42.9 Å². The number of carbonyl (C=O) groups excluding carboxylic acids is 2. The zero-order chi connectivity index (χ0) is 20.3. The molecule has 0 spiro atoms. The molecule has 0 aliphatic heterocycles. The second-order valence-corrected chi connectivity index (χ2v) is 7.70. The van der Waals surface area contributed by atoms with Gasteiger partial charge in [-0.2, -0.15) is 0 Å². The number of aryl methyl sites for hydroxylation is 1. The van der Waals surface area contributed by atoms with Crippen molar-refractivity contribution in [2.75, 3.05) is 12.4 Å². The van der Waals surface area contributed by atoms with E-state index in [0.717, 1.165) is 28.1 Å². The van der Waals surface area contributed by atoms with Gasteiger partial charge in [-0.15, -0.1) is 0 Å². The average Bonchev–Trinajstić information content (AvgIpc) is 3.49. The Balaban J connectivity index is 1.54. The molecular weight excluding hydrogens is 352 g/mol. The van der Waals surface area contributed by atoms with Crippen molar-refractivity contribution in [1.29, 1.82) is 0 Å². The third kappa shape index (κ3) is 4.53. The Morgan fingerprint density at radius 2 is 1.75 bits per heavy atom. The molecule has 0 aromatic heterocycles. The molecule has 0 radical (unpaired) electrons. The molecule has 0 heterocycles. The number of para-hydroxylation sites is 1. The van der Waals surface area contributed by atoms with E-state index in [1.807, 2.05) is 49.4 Å². The molecule has 28 heavy (non-hydrogen) atoms. The highest BCUT2D eigenvalue weighted by molar-refractivity contribution is 6.00. The van der Waals surface area contributed by atoms with Gasteiger partial charge in [0.05, 0.1) is 18.9 Å². The van der Waals surface area contributed by atoms with Crippen LogP contribution in [0.15, 0.2) is 42.5 Å². The van der Waals surface area contributed by atoms with Crippen molar-refractivity contribution >= 4 is 17.5 Å². The van der Waals surface area contributed by atoms with E-state index in [2.05, 4.69) is 24.5 Å². The van der Waals surface area contributed by atoms with Gasteiger partial charge < -0.3 is 15.4 Å². The molecule has 5 nitrogen and oxygen atoms in total. The number of benzene rings is 2. The number of anilines is 1. The van der Waals surface area contributed by atoms with Crippen LogP contribution in [0.2, 0.25) is 0 Å². The molecule has 1 aliphatic carbocycles. The molecule has 1 aliphatic rings. The van der Waals surface area contributed by atoms with Crippen LogP contribution < -0.4 is 15.4 Å². The Labute approximate surface area is 166 Å². The molecular formula is C23H28N2O3. The average molecular weight is 380 g/mol. The minimum absolute atomic E-state index is 0.0650. The van der Waals surface area contributed by atoms with E-state index in [0.29, 0.717) is 18.9 Å². The lowest BCUT2D eigenvalue weighted by molar-refractivity contribution is -0.125. The summed E-state index contributed by atoms with van der Waals surface area (Å²) in [4.78, 5) is 25.1. The van der Waals surface area contributed by atoms with E-state index in [1.165, 1.54) is 0 Å². The topological polar surface area (TPSA) is 67.4 Å². The van der Waals surface area contributed by atoms with Gasteiger partial charge in [-0.25, -0.2) is 0 Å². The highest BCUT2D eigenvalue weighted by atomic mass is 16.5. The number of ether oxygens (including phenoxy) is 1. The molecule has 2 atom stereocenters. The van der Waals surface area contributed by atoms with Gasteiger partial charge in [-0.3, -0.25) is 9.59 Å². The number of hydrogen-bond donors (Lipinski definition) is 2. The standard InChI is InChI=1S/C23H28N2O3/c1-14(2)18-7-5-6-15(3)21(18)25-23(27)20-12-19(20)22(26)24-13-16-8-10-17(28-4)11-9-16/h5-11,14,19-20H,12-13H2,1-4H3,(H,24,26)(H,25,27). The summed E-state index contributed by atoms with van der Waals surface area (Å²) in [6.45, 7) is 6.66. The maximum absolute atomic E-state index is 12.7. The summed E-state index contributed by atoms with van der Waals surface area (Å²) < 4.78 is 5.13. The largest absolute Gasteiger partial charge is 0.497 e. The predicted molar refractivity (Wildman–Crippen MR) is 110 cm³/mol. The summed E-state index contributed by atoms with van der Waals surface area (Å²) >= 11 is 0. The lowest BCUT2D eigenvalue weighted by Gasteiger charge is -2.16. The number of nitrogens with one attached hydrogen (secondary N) is 2. The summed E-state index contributed by atoms with van der Waals surface area (Å²) in [5.74, 6) is 0.467. The van der Waals surface area contributed by atoms with Crippen LogP contribution in [0.3, 0.4) is 0 Å². The third-order valence-electron chi connectivity index (χ3n) is 5.27. The van der Waals surface area contributed by atoms with E-state index in [9.17, 15) is 9.59 Å². The summed E-state index contributed by atoms with van der Waals surface area (Å²) in [6.07, 6.45) is 0.600. The van der Waals surface area contributed by atoms with Crippen LogP contribution in [0.4, 0.5) is 5.69 Å². The highest BCUT2D eigenvalue weighted by Gasteiger charge is 2.48. The van der Waals surface area contributed by atoms with Gasteiger partial charge >= 0.3 is 0 Å². The number of amides is 2. The first-order valence-corrected chi connectivity index (χ1v) is 9.71. The molecule has 0 saturated heterocycles. The first-order valence-electron chi connectivity index (χ1n) is 9.71. The lowest BCUT2D eigenvalue weighted by atomic mass is 9.98. The number of rotatable bonds is 7. The highest BCUT2D eigenvalue weighted by Crippen LogP contribution is 2.40. The first-order chi connectivity index (χ1) is 13.4. The molecule has 2 unspecified atom stereocenters. The third-order valence-corrected chi connectivity index (χ3v) is 5.27. The molecule has 2 aromatic rings. The summed E-state index contributed by atoms with van der Waals surface area (Å²) in [5.41, 5.74) is 4.04. The van der Waals surface area contributed by atoms with Crippen molar-refractivity contribution in [2.24, 2.45) is 11.8 Å². The van der Waals surface area contributed by atoms with Gasteiger partial charge in [-0.1, -0.05) is 44.2 Å². The van der Waals surface area contributed by atoms with Crippen LogP contribution in [0.5, 0.6) is 5.75 Å².